The number of benzene rings is 2. The molecule has 0 saturated carbocycles. The fourth-order valence-electron chi connectivity index (χ4n) is 2.35. The highest BCUT2D eigenvalue weighted by Gasteiger charge is 2.20. The predicted molar refractivity (Wildman–Crippen MR) is 87.0 cm³/mol. The molecule has 0 unspecified atom stereocenters. The Morgan fingerprint density at radius 2 is 1.65 bits per heavy atom. The summed E-state index contributed by atoms with van der Waals surface area (Å²) in [6.45, 7) is 0. The van der Waals surface area contributed by atoms with E-state index in [0.717, 1.165) is 10.2 Å². The largest absolute Gasteiger partial charge is 0.268 e. The molecule has 0 aliphatic heterocycles. The molecule has 3 aromatic rings. The summed E-state index contributed by atoms with van der Waals surface area (Å²) in [7, 11) is -3.77. The molecule has 6 nitrogen and oxygen atoms in total. The Labute approximate surface area is 132 Å². The number of rotatable bonds is 4. The molecule has 0 fully saturated rings. The maximum absolute atomic E-state index is 12.8. The minimum atomic E-state index is -3.77. The van der Waals surface area contributed by atoms with Crippen molar-refractivity contribution >= 4 is 27.0 Å². The molecule has 0 N–H and O–H groups in total. The lowest BCUT2D eigenvalue weighted by Crippen LogP contribution is -2.11. The standard InChI is InChI=1S/C16H12N2O4S/c19-18(20)11-10-13-12-17(16-9-5-4-8-15(13)16)23(21,22)14-6-2-1-3-7-14/h1-12H/b11-10+. The van der Waals surface area contributed by atoms with E-state index in [2.05, 4.69) is 0 Å². The molecule has 0 aliphatic rings. The van der Waals surface area contributed by atoms with Gasteiger partial charge in [-0.2, -0.15) is 0 Å². The topological polar surface area (TPSA) is 82.2 Å². The summed E-state index contributed by atoms with van der Waals surface area (Å²) in [5.74, 6) is 0. The van der Waals surface area contributed by atoms with Gasteiger partial charge in [0.15, 0.2) is 0 Å². The minimum Gasteiger partial charge on any atom is -0.259 e. The zero-order valence-electron chi connectivity index (χ0n) is 11.9. The van der Waals surface area contributed by atoms with Crippen LogP contribution in [-0.4, -0.2) is 17.3 Å². The van der Waals surface area contributed by atoms with Crippen molar-refractivity contribution in [2.75, 3.05) is 0 Å². The Morgan fingerprint density at radius 1 is 1.00 bits per heavy atom. The van der Waals surface area contributed by atoms with Crippen molar-refractivity contribution in [3.8, 4) is 0 Å². The van der Waals surface area contributed by atoms with Crippen LogP contribution in [0.3, 0.4) is 0 Å². The van der Waals surface area contributed by atoms with Gasteiger partial charge in [0.25, 0.3) is 10.0 Å². The quantitative estimate of drug-likeness (QED) is 0.544. The van der Waals surface area contributed by atoms with Gasteiger partial charge in [0, 0.05) is 23.2 Å². The fourth-order valence-corrected chi connectivity index (χ4v) is 3.75. The second-order valence-corrected chi connectivity index (χ2v) is 6.63. The van der Waals surface area contributed by atoms with Gasteiger partial charge in [-0.25, -0.2) is 12.4 Å². The van der Waals surface area contributed by atoms with Crippen molar-refractivity contribution < 1.29 is 13.3 Å². The molecule has 0 aliphatic carbocycles. The molecule has 0 atom stereocenters. The van der Waals surface area contributed by atoms with Crippen molar-refractivity contribution in [1.29, 1.82) is 0 Å². The van der Waals surface area contributed by atoms with Gasteiger partial charge in [0.05, 0.1) is 15.3 Å². The number of para-hydroxylation sites is 1. The van der Waals surface area contributed by atoms with E-state index in [1.807, 2.05) is 0 Å². The number of nitro groups is 1. The fraction of sp³-hybridized carbons (Fsp3) is 0. The zero-order valence-corrected chi connectivity index (χ0v) is 12.7. The average molecular weight is 328 g/mol. The summed E-state index contributed by atoms with van der Waals surface area (Å²) in [6, 6.07) is 14.9. The molecule has 0 bridgehead atoms. The van der Waals surface area contributed by atoms with Gasteiger partial charge in [-0.3, -0.25) is 10.1 Å². The van der Waals surface area contributed by atoms with Crippen LogP contribution < -0.4 is 0 Å². The maximum atomic E-state index is 12.8. The van der Waals surface area contributed by atoms with E-state index in [1.165, 1.54) is 24.4 Å². The first-order valence-electron chi connectivity index (χ1n) is 6.72. The lowest BCUT2D eigenvalue weighted by molar-refractivity contribution is -0.400. The Hall–Kier alpha value is -2.93. The first-order valence-corrected chi connectivity index (χ1v) is 8.16. The first-order chi connectivity index (χ1) is 11.0. The van der Waals surface area contributed by atoms with E-state index in [1.54, 1.807) is 42.5 Å². The summed E-state index contributed by atoms with van der Waals surface area (Å²) in [6.07, 6.45) is 3.48. The van der Waals surface area contributed by atoms with E-state index in [-0.39, 0.29) is 4.90 Å². The summed E-state index contributed by atoms with van der Waals surface area (Å²) in [5, 5.41) is 11.2. The Balaban J connectivity index is 2.25. The van der Waals surface area contributed by atoms with Crippen molar-refractivity contribution in [2.45, 2.75) is 4.90 Å². The summed E-state index contributed by atoms with van der Waals surface area (Å²) in [5.41, 5.74) is 0.941. The van der Waals surface area contributed by atoms with Crippen molar-refractivity contribution in [3.05, 3.63) is 82.7 Å². The smallest absolute Gasteiger partial charge is 0.259 e. The highest BCUT2D eigenvalue weighted by molar-refractivity contribution is 7.90. The van der Waals surface area contributed by atoms with Crippen LogP contribution in [0.1, 0.15) is 5.56 Å². The molecule has 3 rings (SSSR count). The third-order valence-corrected chi connectivity index (χ3v) is 5.07. The van der Waals surface area contributed by atoms with E-state index >= 15 is 0 Å². The molecule has 0 radical (unpaired) electrons. The zero-order chi connectivity index (χ0) is 16.4. The van der Waals surface area contributed by atoms with Gasteiger partial charge in [-0.1, -0.05) is 36.4 Å². The van der Waals surface area contributed by atoms with Gasteiger partial charge in [-0.15, -0.1) is 0 Å². The number of aromatic nitrogens is 1. The number of hydrogen-bond donors (Lipinski definition) is 0. The van der Waals surface area contributed by atoms with Gasteiger partial charge in [0.1, 0.15) is 0 Å². The monoisotopic (exact) mass is 328 g/mol. The van der Waals surface area contributed by atoms with E-state index in [0.29, 0.717) is 16.5 Å². The van der Waals surface area contributed by atoms with Crippen molar-refractivity contribution in [3.63, 3.8) is 0 Å². The second kappa shape index (κ2) is 5.69. The molecule has 1 heterocycles. The molecule has 2 aromatic carbocycles. The lowest BCUT2D eigenvalue weighted by atomic mass is 10.2. The number of fused-ring (bicyclic) bond motifs is 1. The Morgan fingerprint density at radius 3 is 2.35 bits per heavy atom. The van der Waals surface area contributed by atoms with E-state index < -0.39 is 14.9 Å². The average Bonchev–Trinajstić information content (AvgIpc) is 2.93. The van der Waals surface area contributed by atoms with E-state index in [9.17, 15) is 18.5 Å². The van der Waals surface area contributed by atoms with Gasteiger partial charge >= 0.3 is 0 Å². The SMILES string of the molecule is O=[N+]([O-])/C=C/c1cn(S(=O)(=O)c2ccccc2)c2ccccc12. The third kappa shape index (κ3) is 2.74. The van der Waals surface area contributed by atoms with Gasteiger partial charge < -0.3 is 0 Å². The maximum Gasteiger partial charge on any atom is 0.268 e. The minimum absolute atomic E-state index is 0.158. The van der Waals surface area contributed by atoms with Crippen LogP contribution in [0, 0.1) is 10.1 Å². The van der Waals surface area contributed by atoms with Crippen LogP contribution in [0.2, 0.25) is 0 Å². The second-order valence-electron chi connectivity index (χ2n) is 4.82. The van der Waals surface area contributed by atoms with Crippen LogP contribution >= 0.6 is 0 Å². The summed E-state index contributed by atoms with van der Waals surface area (Å²) >= 11 is 0. The number of nitrogens with zero attached hydrogens (tertiary/aromatic N) is 2. The van der Waals surface area contributed by atoms with E-state index in [4.69, 9.17) is 0 Å². The van der Waals surface area contributed by atoms with Crippen molar-refractivity contribution in [1.82, 2.24) is 3.97 Å². The Kier molecular flexibility index (Phi) is 3.71. The highest BCUT2D eigenvalue weighted by atomic mass is 32.2. The molecular formula is C16H12N2O4S. The summed E-state index contributed by atoms with van der Waals surface area (Å²) < 4.78 is 26.8. The molecule has 1 aromatic heterocycles. The summed E-state index contributed by atoms with van der Waals surface area (Å²) in [4.78, 5) is 10.1. The normalized spacial score (nSPS) is 12.0. The molecule has 116 valence electrons. The first kappa shape index (κ1) is 15.0. The van der Waals surface area contributed by atoms with Gasteiger partial charge in [0.2, 0.25) is 6.20 Å². The van der Waals surface area contributed by atoms with Crippen LogP contribution in [0.25, 0.3) is 17.0 Å². The molecule has 23 heavy (non-hydrogen) atoms. The molecule has 0 amide bonds. The van der Waals surface area contributed by atoms with Crippen LogP contribution in [0.4, 0.5) is 0 Å². The Bertz CT molecular complexity index is 1000. The third-order valence-electron chi connectivity index (χ3n) is 3.38. The lowest BCUT2D eigenvalue weighted by Gasteiger charge is -2.07. The van der Waals surface area contributed by atoms with Crippen LogP contribution in [0.5, 0.6) is 0 Å². The molecule has 7 heteroatoms. The highest BCUT2D eigenvalue weighted by Crippen LogP contribution is 2.26. The van der Waals surface area contributed by atoms with Crippen molar-refractivity contribution in [2.24, 2.45) is 0 Å². The molecule has 0 spiro atoms. The molecular weight excluding hydrogens is 316 g/mol. The predicted octanol–water partition coefficient (Wildman–Crippen LogP) is 3.13. The van der Waals surface area contributed by atoms with Crippen LogP contribution in [0.15, 0.2) is 71.9 Å². The number of hydrogen-bond acceptors (Lipinski definition) is 4. The molecule has 0 saturated heterocycles. The van der Waals surface area contributed by atoms with Crippen LogP contribution in [-0.2, 0) is 10.0 Å². The van der Waals surface area contributed by atoms with Gasteiger partial charge in [-0.05, 0) is 18.2 Å².